The lowest BCUT2D eigenvalue weighted by Crippen LogP contribution is -2.49. The van der Waals surface area contributed by atoms with Gasteiger partial charge in [-0.3, -0.25) is 13.6 Å². The number of hydrogen-bond donors (Lipinski definition) is 1. The summed E-state index contributed by atoms with van der Waals surface area (Å²) in [5, 5.41) is 0. The Balaban J connectivity index is 1.16. The molecule has 0 radical (unpaired) electrons. The van der Waals surface area contributed by atoms with Crippen LogP contribution in [0.4, 0.5) is 18.0 Å². The maximum absolute atomic E-state index is 14.0. The molecule has 0 unspecified atom stereocenters. The minimum Gasteiger partial charge on any atom is -0.434 e. The molecule has 1 spiro atoms. The fourth-order valence-corrected chi connectivity index (χ4v) is 7.77. The molecule has 2 atom stereocenters. The van der Waals surface area contributed by atoms with Gasteiger partial charge in [-0.15, -0.1) is 0 Å². The third-order valence-corrected chi connectivity index (χ3v) is 10.9. The summed E-state index contributed by atoms with van der Waals surface area (Å²) in [6.45, 7) is -1.73. The van der Waals surface area contributed by atoms with Crippen molar-refractivity contribution < 1.29 is 54.0 Å². The van der Waals surface area contributed by atoms with Crippen molar-refractivity contribution in [3.63, 3.8) is 0 Å². The van der Waals surface area contributed by atoms with Crippen LogP contribution in [0.1, 0.15) is 30.4 Å². The second-order valence-corrected chi connectivity index (χ2v) is 14.9. The number of amides is 1. The van der Waals surface area contributed by atoms with E-state index >= 15 is 0 Å². The van der Waals surface area contributed by atoms with Crippen molar-refractivity contribution in [1.29, 1.82) is 0 Å². The molecule has 48 heavy (non-hydrogen) atoms. The highest BCUT2D eigenvalue weighted by Crippen LogP contribution is 2.51. The molecule has 2 saturated heterocycles. The molecule has 0 aromatic heterocycles. The van der Waals surface area contributed by atoms with Gasteiger partial charge in [0.25, 0.3) is 0 Å². The number of alkyl halides is 3. The van der Waals surface area contributed by atoms with Gasteiger partial charge in [-0.2, -0.15) is 13.2 Å². The van der Waals surface area contributed by atoms with Crippen LogP contribution in [-0.2, 0) is 50.8 Å². The first-order chi connectivity index (χ1) is 22.8. The third-order valence-electron chi connectivity index (χ3n) is 7.97. The quantitative estimate of drug-likeness (QED) is 0.206. The van der Waals surface area contributed by atoms with Crippen LogP contribution in [0.15, 0.2) is 95.9 Å². The number of likely N-dealkylation sites (tertiary alicyclic amines) is 1. The molecule has 2 aliphatic heterocycles. The Morgan fingerprint density at radius 2 is 1.42 bits per heavy atom. The van der Waals surface area contributed by atoms with Crippen LogP contribution in [0.3, 0.4) is 0 Å². The third kappa shape index (κ3) is 9.88. The number of nitrogens with zero attached hydrogens (tertiary/aromatic N) is 1. The monoisotopic (exact) mass is 712 g/mol. The molecule has 260 valence electrons. The van der Waals surface area contributed by atoms with E-state index in [4.69, 9.17) is 23.0 Å². The Hall–Kier alpha value is -3.30. The highest BCUT2D eigenvalue weighted by Gasteiger charge is 2.48. The fourth-order valence-electron chi connectivity index (χ4n) is 5.37. The number of nitrogens with one attached hydrogen (secondary N) is 1. The molecule has 3 aromatic carbocycles. The van der Waals surface area contributed by atoms with Crippen LogP contribution in [0, 0.1) is 0 Å². The largest absolute Gasteiger partial charge is 0.475 e. The average Bonchev–Trinajstić information content (AvgIpc) is 3.46. The second-order valence-electron chi connectivity index (χ2n) is 11.5. The molecule has 1 amide bonds. The second kappa shape index (κ2) is 15.5. The lowest BCUT2D eigenvalue weighted by molar-refractivity contribution is -0.214. The van der Waals surface area contributed by atoms with Gasteiger partial charge in [0, 0.05) is 19.1 Å². The van der Waals surface area contributed by atoms with Crippen LogP contribution in [0.25, 0.3) is 0 Å². The van der Waals surface area contributed by atoms with E-state index in [1.807, 2.05) is 0 Å². The van der Waals surface area contributed by atoms with Crippen molar-refractivity contribution >= 4 is 23.9 Å². The number of carbonyl (C=O) groups excluding carboxylic acids is 1. The number of phosphoric acid groups is 1. The molecule has 0 bridgehead atoms. The number of benzene rings is 3. The summed E-state index contributed by atoms with van der Waals surface area (Å²) in [5.74, 6) is 0. The number of hydrogen-bond acceptors (Lipinski definition) is 9. The topological polar surface area (TPSA) is 130 Å². The molecule has 2 fully saturated rings. The lowest BCUT2D eigenvalue weighted by Gasteiger charge is -2.38. The molecule has 11 nitrogen and oxygen atoms in total. The predicted octanol–water partition coefficient (Wildman–Crippen LogP) is 6.21. The molecule has 5 rings (SSSR count). The summed E-state index contributed by atoms with van der Waals surface area (Å²) >= 11 is 0. The number of sulfonamides is 1. The summed E-state index contributed by atoms with van der Waals surface area (Å²) in [6, 6.07) is 24.4. The first-order valence-electron chi connectivity index (χ1n) is 15.2. The van der Waals surface area contributed by atoms with Gasteiger partial charge in [-0.05, 0) is 42.5 Å². The number of carbonyl (C=O) groups is 1. The Morgan fingerprint density at radius 3 is 1.94 bits per heavy atom. The number of rotatable bonds is 13. The van der Waals surface area contributed by atoms with Gasteiger partial charge >= 0.3 is 20.1 Å². The Labute approximate surface area is 276 Å². The van der Waals surface area contributed by atoms with E-state index in [-0.39, 0.29) is 50.6 Å². The normalized spacial score (nSPS) is 18.9. The first kappa shape index (κ1) is 36.0. The van der Waals surface area contributed by atoms with Crippen molar-refractivity contribution in [3.05, 3.63) is 102 Å². The number of piperidine rings is 1. The SMILES string of the molecule is O=C(O[C@H](COP(=O)(OCc1ccccc1)OCc1ccccc1)C(F)(F)F)N1CCC2(CC1)C[C@@H](NS(=O)(=O)c1ccccc1)CO2. The maximum atomic E-state index is 14.0. The summed E-state index contributed by atoms with van der Waals surface area (Å²) < 4.78 is 110. The average molecular weight is 713 g/mol. The van der Waals surface area contributed by atoms with E-state index < -0.39 is 54.5 Å². The van der Waals surface area contributed by atoms with Crippen LogP contribution < -0.4 is 4.72 Å². The minimum atomic E-state index is -5.06. The van der Waals surface area contributed by atoms with E-state index in [1.165, 1.54) is 12.1 Å². The van der Waals surface area contributed by atoms with Gasteiger partial charge in [0.15, 0.2) is 0 Å². The summed E-state index contributed by atoms with van der Waals surface area (Å²) in [5.41, 5.74) is 0.418. The van der Waals surface area contributed by atoms with Gasteiger partial charge < -0.3 is 14.4 Å². The minimum absolute atomic E-state index is 0.0152. The van der Waals surface area contributed by atoms with E-state index in [9.17, 15) is 30.9 Å². The molecule has 2 aliphatic rings. The zero-order valence-electron chi connectivity index (χ0n) is 25.8. The number of ether oxygens (including phenoxy) is 2. The van der Waals surface area contributed by atoms with Crippen LogP contribution in [-0.4, -0.2) is 69.6 Å². The first-order valence-corrected chi connectivity index (χ1v) is 18.1. The summed E-state index contributed by atoms with van der Waals surface area (Å²) in [4.78, 5) is 14.1. The lowest BCUT2D eigenvalue weighted by atomic mass is 9.88. The zero-order chi connectivity index (χ0) is 34.3. The highest BCUT2D eigenvalue weighted by atomic mass is 32.2. The van der Waals surface area contributed by atoms with E-state index in [2.05, 4.69) is 4.72 Å². The Morgan fingerprint density at radius 1 is 0.896 bits per heavy atom. The van der Waals surface area contributed by atoms with Crippen molar-refractivity contribution in [2.24, 2.45) is 0 Å². The van der Waals surface area contributed by atoms with Gasteiger partial charge in [0.1, 0.15) is 6.61 Å². The molecule has 2 heterocycles. The molecule has 0 aliphatic carbocycles. The van der Waals surface area contributed by atoms with Gasteiger partial charge in [0.05, 0.1) is 30.3 Å². The van der Waals surface area contributed by atoms with Crippen molar-refractivity contribution in [1.82, 2.24) is 9.62 Å². The van der Waals surface area contributed by atoms with Crippen LogP contribution in [0.5, 0.6) is 0 Å². The molecule has 3 aromatic rings. The highest BCUT2D eigenvalue weighted by molar-refractivity contribution is 7.89. The Kier molecular flexibility index (Phi) is 11.6. The van der Waals surface area contributed by atoms with Crippen LogP contribution in [0.2, 0.25) is 0 Å². The number of halogens is 3. The standard InChI is InChI=1S/C32H36F3N2O9PS/c33-32(34,35)29(24-45-47(39,43-21-25-10-4-1-5-11-25)44-22-26-12-6-2-7-13-26)46-30(38)37-18-16-31(17-19-37)20-27(23-42-31)36-48(40,41)28-14-8-3-9-15-28/h1-15,27,29,36H,16-24H2/t27-,29-/m1/s1. The zero-order valence-corrected chi connectivity index (χ0v) is 27.5. The van der Waals surface area contributed by atoms with Crippen molar-refractivity contribution in [2.45, 2.75) is 61.3 Å². The molecule has 1 N–H and O–H groups in total. The fraction of sp³-hybridized carbons (Fsp3) is 0.406. The van der Waals surface area contributed by atoms with E-state index in [1.54, 1.807) is 78.9 Å². The van der Waals surface area contributed by atoms with Crippen molar-refractivity contribution in [3.8, 4) is 0 Å². The van der Waals surface area contributed by atoms with E-state index in [0.717, 1.165) is 4.90 Å². The maximum Gasteiger partial charge on any atom is 0.475 e. The van der Waals surface area contributed by atoms with Crippen LogP contribution >= 0.6 is 7.82 Å². The molecular formula is C32H36F3N2O9PS. The molecule has 16 heteroatoms. The van der Waals surface area contributed by atoms with Gasteiger partial charge in [-0.1, -0.05) is 78.9 Å². The van der Waals surface area contributed by atoms with E-state index in [0.29, 0.717) is 17.5 Å². The van der Waals surface area contributed by atoms with Crippen molar-refractivity contribution in [2.75, 3.05) is 26.3 Å². The van der Waals surface area contributed by atoms with Gasteiger partial charge in [-0.25, -0.2) is 22.5 Å². The predicted molar refractivity (Wildman–Crippen MR) is 167 cm³/mol. The summed E-state index contributed by atoms with van der Waals surface area (Å²) in [7, 11) is -8.35. The molecular weight excluding hydrogens is 676 g/mol. The van der Waals surface area contributed by atoms with Gasteiger partial charge in [0.2, 0.25) is 16.1 Å². The smallest absolute Gasteiger partial charge is 0.434 e. The molecule has 0 saturated carbocycles. The number of phosphoric ester groups is 1. The Bertz CT molecular complexity index is 1600. The summed E-state index contributed by atoms with van der Waals surface area (Å²) in [6.07, 6.45) is -8.21.